The van der Waals surface area contributed by atoms with Gasteiger partial charge in [-0.25, -0.2) is 0 Å². The predicted molar refractivity (Wildman–Crippen MR) is 101 cm³/mol. The van der Waals surface area contributed by atoms with Crippen molar-refractivity contribution in [2.45, 2.75) is 32.3 Å². The van der Waals surface area contributed by atoms with Gasteiger partial charge in [0, 0.05) is 13.0 Å². The minimum absolute atomic E-state index is 0.00195. The number of carbonyl (C=O) groups excluding carboxylic acids is 2. The highest BCUT2D eigenvalue weighted by Crippen LogP contribution is 2.33. The third-order valence-corrected chi connectivity index (χ3v) is 4.39. The van der Waals surface area contributed by atoms with Crippen LogP contribution in [0.4, 0.5) is 5.69 Å². The topological polar surface area (TPSA) is 58.6 Å². The molecule has 1 N–H and O–H groups in total. The minimum Gasteiger partial charge on any atom is -0.477 e. The number of amides is 2. The molecule has 1 aliphatic rings. The van der Waals surface area contributed by atoms with Gasteiger partial charge >= 0.3 is 0 Å². The fraction of sp³-hybridized carbons (Fsp3) is 0.333. The van der Waals surface area contributed by atoms with E-state index in [4.69, 9.17) is 4.74 Å². The summed E-state index contributed by atoms with van der Waals surface area (Å²) < 4.78 is 5.83. The molecule has 0 radical (unpaired) electrons. The van der Waals surface area contributed by atoms with Crippen LogP contribution in [0.3, 0.4) is 0 Å². The van der Waals surface area contributed by atoms with Crippen LogP contribution in [-0.4, -0.2) is 31.0 Å². The Morgan fingerprint density at radius 2 is 1.85 bits per heavy atom. The molecule has 0 aromatic heterocycles. The van der Waals surface area contributed by atoms with Crippen molar-refractivity contribution in [1.82, 2.24) is 5.32 Å². The van der Waals surface area contributed by atoms with E-state index in [1.54, 1.807) is 11.0 Å². The van der Waals surface area contributed by atoms with Gasteiger partial charge in [-0.1, -0.05) is 49.4 Å². The lowest BCUT2D eigenvalue weighted by molar-refractivity contribution is -0.128. The standard InChI is InChI=1S/C21H24N2O3/c1-2-14-22-21(25)19-15-23(17-10-6-7-11-18(17)26-19)20(24)13-12-16-8-4-3-5-9-16/h3-11,19H,2,12-15H2,1H3,(H,22,25)/t19-/m0/s1. The number of benzene rings is 2. The summed E-state index contributed by atoms with van der Waals surface area (Å²) in [6, 6.07) is 17.3. The lowest BCUT2D eigenvalue weighted by atomic mass is 10.1. The van der Waals surface area contributed by atoms with E-state index < -0.39 is 6.10 Å². The van der Waals surface area contributed by atoms with Gasteiger partial charge < -0.3 is 15.0 Å². The van der Waals surface area contributed by atoms with E-state index >= 15 is 0 Å². The summed E-state index contributed by atoms with van der Waals surface area (Å²) in [6.07, 6.45) is 1.24. The van der Waals surface area contributed by atoms with E-state index in [9.17, 15) is 9.59 Å². The summed E-state index contributed by atoms with van der Waals surface area (Å²) >= 11 is 0. The SMILES string of the molecule is CCCNC(=O)[C@@H]1CN(C(=O)CCc2ccccc2)c2ccccc2O1. The van der Waals surface area contributed by atoms with Gasteiger partial charge in [-0.3, -0.25) is 9.59 Å². The molecule has 0 saturated carbocycles. The van der Waals surface area contributed by atoms with Crippen molar-refractivity contribution in [3.63, 3.8) is 0 Å². The van der Waals surface area contributed by atoms with Crippen molar-refractivity contribution in [2.75, 3.05) is 18.0 Å². The van der Waals surface area contributed by atoms with Gasteiger partial charge in [-0.15, -0.1) is 0 Å². The third kappa shape index (κ3) is 4.23. The van der Waals surface area contributed by atoms with Crippen LogP contribution in [0.1, 0.15) is 25.3 Å². The maximum Gasteiger partial charge on any atom is 0.262 e. The van der Waals surface area contributed by atoms with Crippen molar-refractivity contribution in [3.8, 4) is 5.75 Å². The van der Waals surface area contributed by atoms with Gasteiger partial charge in [0.15, 0.2) is 6.10 Å². The van der Waals surface area contributed by atoms with E-state index in [0.29, 0.717) is 25.1 Å². The highest BCUT2D eigenvalue weighted by Gasteiger charge is 2.33. The first-order valence-electron chi connectivity index (χ1n) is 9.06. The average Bonchev–Trinajstić information content (AvgIpc) is 2.70. The first-order valence-corrected chi connectivity index (χ1v) is 9.06. The lowest BCUT2D eigenvalue weighted by Gasteiger charge is -2.34. The molecule has 0 unspecified atom stereocenters. The maximum absolute atomic E-state index is 12.9. The Hall–Kier alpha value is -2.82. The van der Waals surface area contributed by atoms with Crippen LogP contribution in [0.25, 0.3) is 0 Å². The van der Waals surface area contributed by atoms with Crippen molar-refractivity contribution in [3.05, 3.63) is 60.2 Å². The number of anilines is 1. The van der Waals surface area contributed by atoms with Gasteiger partial charge in [0.25, 0.3) is 5.91 Å². The molecule has 0 saturated heterocycles. The smallest absolute Gasteiger partial charge is 0.262 e. The molecule has 5 heteroatoms. The van der Waals surface area contributed by atoms with Crippen molar-refractivity contribution in [1.29, 1.82) is 0 Å². The van der Waals surface area contributed by atoms with E-state index in [1.165, 1.54) is 0 Å². The Balaban J connectivity index is 1.73. The summed E-state index contributed by atoms with van der Waals surface area (Å²) in [7, 11) is 0. The molecule has 1 atom stereocenters. The van der Waals surface area contributed by atoms with Gasteiger partial charge in [-0.05, 0) is 30.5 Å². The molecule has 26 heavy (non-hydrogen) atoms. The van der Waals surface area contributed by atoms with Crippen molar-refractivity contribution < 1.29 is 14.3 Å². The molecule has 136 valence electrons. The van der Waals surface area contributed by atoms with Crippen LogP contribution >= 0.6 is 0 Å². The molecule has 2 aromatic rings. The van der Waals surface area contributed by atoms with Crippen LogP contribution < -0.4 is 15.0 Å². The Bertz CT molecular complexity index is 761. The van der Waals surface area contributed by atoms with Crippen LogP contribution in [0, 0.1) is 0 Å². The Labute approximate surface area is 154 Å². The summed E-state index contributed by atoms with van der Waals surface area (Å²) in [5.41, 5.74) is 1.85. The highest BCUT2D eigenvalue weighted by atomic mass is 16.5. The van der Waals surface area contributed by atoms with Gasteiger partial charge in [0.2, 0.25) is 5.91 Å². The fourth-order valence-electron chi connectivity index (χ4n) is 3.00. The van der Waals surface area contributed by atoms with Gasteiger partial charge in [0.1, 0.15) is 5.75 Å². The zero-order valence-corrected chi connectivity index (χ0v) is 15.0. The number of rotatable bonds is 6. The van der Waals surface area contributed by atoms with Crippen molar-refractivity contribution in [2.24, 2.45) is 0 Å². The highest BCUT2D eigenvalue weighted by molar-refractivity contribution is 5.97. The van der Waals surface area contributed by atoms with Crippen LogP contribution in [0.5, 0.6) is 5.75 Å². The molecule has 0 spiro atoms. The summed E-state index contributed by atoms with van der Waals surface area (Å²) in [4.78, 5) is 26.9. The van der Waals surface area contributed by atoms with E-state index in [1.807, 2.05) is 55.5 Å². The molecule has 3 rings (SSSR count). The fourth-order valence-corrected chi connectivity index (χ4v) is 3.00. The zero-order chi connectivity index (χ0) is 18.4. The molecular formula is C21H24N2O3. The number of hydrogen-bond acceptors (Lipinski definition) is 3. The summed E-state index contributed by atoms with van der Waals surface area (Å²) in [6.45, 7) is 2.83. The Morgan fingerprint density at radius 1 is 1.12 bits per heavy atom. The number of nitrogens with zero attached hydrogens (tertiary/aromatic N) is 1. The van der Waals surface area contributed by atoms with E-state index in [2.05, 4.69) is 5.32 Å². The minimum atomic E-state index is -0.683. The largest absolute Gasteiger partial charge is 0.477 e. The van der Waals surface area contributed by atoms with Crippen LogP contribution in [-0.2, 0) is 16.0 Å². The maximum atomic E-state index is 12.9. The van der Waals surface area contributed by atoms with Crippen LogP contribution in [0.2, 0.25) is 0 Å². The molecule has 2 amide bonds. The second kappa shape index (κ2) is 8.52. The lowest BCUT2D eigenvalue weighted by Crippen LogP contribution is -2.50. The van der Waals surface area contributed by atoms with E-state index in [0.717, 1.165) is 17.7 Å². The van der Waals surface area contributed by atoms with Crippen molar-refractivity contribution >= 4 is 17.5 Å². The third-order valence-electron chi connectivity index (χ3n) is 4.39. The normalized spacial score (nSPS) is 15.7. The number of nitrogens with one attached hydrogen (secondary N) is 1. The summed E-state index contributed by atoms with van der Waals surface area (Å²) in [5, 5.41) is 2.85. The number of hydrogen-bond donors (Lipinski definition) is 1. The number of para-hydroxylation sites is 2. The molecule has 1 aliphatic heterocycles. The first-order chi connectivity index (χ1) is 12.7. The molecule has 0 fully saturated rings. The monoisotopic (exact) mass is 352 g/mol. The van der Waals surface area contributed by atoms with Gasteiger partial charge in [0.05, 0.1) is 12.2 Å². The Morgan fingerprint density at radius 3 is 2.62 bits per heavy atom. The van der Waals surface area contributed by atoms with E-state index in [-0.39, 0.29) is 18.4 Å². The molecule has 0 bridgehead atoms. The molecule has 5 nitrogen and oxygen atoms in total. The number of aryl methyl sites for hydroxylation is 1. The van der Waals surface area contributed by atoms with Gasteiger partial charge in [-0.2, -0.15) is 0 Å². The second-order valence-electron chi connectivity index (χ2n) is 6.36. The second-order valence-corrected chi connectivity index (χ2v) is 6.36. The average molecular weight is 352 g/mol. The predicted octanol–water partition coefficient (Wildman–Crippen LogP) is 2.94. The Kier molecular flexibility index (Phi) is 5.89. The number of ether oxygens (including phenoxy) is 1. The molecule has 1 heterocycles. The van der Waals surface area contributed by atoms with Crippen LogP contribution in [0.15, 0.2) is 54.6 Å². The molecule has 0 aliphatic carbocycles. The summed E-state index contributed by atoms with van der Waals surface area (Å²) in [5.74, 6) is 0.392. The number of fused-ring (bicyclic) bond motifs is 1. The zero-order valence-electron chi connectivity index (χ0n) is 15.0. The molecule has 2 aromatic carbocycles. The molecular weight excluding hydrogens is 328 g/mol. The number of carbonyl (C=O) groups is 2. The first kappa shape index (κ1) is 18.0. The quantitative estimate of drug-likeness (QED) is 0.870.